The molecule has 0 amide bonds. The van der Waals surface area contributed by atoms with Crippen LogP contribution in [0.15, 0.2) is 0 Å². The van der Waals surface area contributed by atoms with Gasteiger partial charge in [-0.05, 0) is 125 Å². The minimum absolute atomic E-state index is 0.0292. The number of aliphatic hydroxyl groups excluding tert-OH is 1. The lowest BCUT2D eigenvalue weighted by Gasteiger charge is -2.60. The van der Waals surface area contributed by atoms with Gasteiger partial charge in [0, 0.05) is 31.8 Å². The first kappa shape index (κ1) is 33.2. The first-order valence-electron chi connectivity index (χ1n) is 16.4. The number of aliphatic hydroxyl groups is 1. The number of hydrogen-bond acceptors (Lipinski definition) is 7. The minimum atomic E-state index is 0.0292. The lowest BCUT2D eigenvalue weighted by molar-refractivity contribution is -0.192. The van der Waals surface area contributed by atoms with Crippen molar-refractivity contribution in [2.24, 2.45) is 57.6 Å². The molecule has 39 heavy (non-hydrogen) atoms. The standard InChI is InChI=1S/C32H63N3O4/c1-5-28(38-19-7-16-34)30-26-10-9-25(23(2)22-36)32(26,4)29(39-20-8-17-35)21-27(30)31(3)13-11-24(12-14-31)37-18-6-15-33/h23-30,36H,5-22,33-35H2,1-4H3/t23-,24?,25-,26+,27+,28-,29+,30?,31?,32-/m1/s1. The summed E-state index contributed by atoms with van der Waals surface area (Å²) < 4.78 is 19.7. The maximum absolute atomic E-state index is 10.3. The van der Waals surface area contributed by atoms with Crippen molar-refractivity contribution in [3.63, 3.8) is 0 Å². The molecule has 0 aromatic carbocycles. The fourth-order valence-electron chi connectivity index (χ4n) is 9.05. The zero-order valence-corrected chi connectivity index (χ0v) is 25.8. The predicted octanol–water partition coefficient (Wildman–Crippen LogP) is 4.48. The minimum Gasteiger partial charge on any atom is -0.396 e. The third-order valence-corrected chi connectivity index (χ3v) is 11.3. The Bertz CT molecular complexity index is 688. The lowest BCUT2D eigenvalue weighted by Crippen LogP contribution is -2.59. The molecule has 8 atom stereocenters. The van der Waals surface area contributed by atoms with Gasteiger partial charge in [0.1, 0.15) is 0 Å². The smallest absolute Gasteiger partial charge is 0.0637 e. The third kappa shape index (κ3) is 7.57. The van der Waals surface area contributed by atoms with E-state index in [0.29, 0.717) is 49.4 Å². The van der Waals surface area contributed by atoms with Crippen molar-refractivity contribution >= 4 is 0 Å². The number of ether oxygens (including phenoxy) is 3. The lowest BCUT2D eigenvalue weighted by atomic mass is 9.48. The molecule has 1 unspecified atom stereocenters. The summed E-state index contributed by atoms with van der Waals surface area (Å²) in [6.45, 7) is 14.1. The quantitative estimate of drug-likeness (QED) is 0.196. The van der Waals surface area contributed by atoms with Crippen LogP contribution in [-0.4, -0.2) is 69.5 Å². The zero-order valence-electron chi connectivity index (χ0n) is 25.8. The van der Waals surface area contributed by atoms with Crippen LogP contribution in [0.3, 0.4) is 0 Å². The number of nitrogens with two attached hydrogens (primary N) is 3. The molecule has 3 rings (SSSR count). The summed E-state index contributed by atoms with van der Waals surface area (Å²) in [5.41, 5.74) is 17.7. The van der Waals surface area contributed by atoms with Gasteiger partial charge >= 0.3 is 0 Å². The van der Waals surface area contributed by atoms with Gasteiger partial charge in [-0.3, -0.25) is 0 Å². The Morgan fingerprint density at radius 3 is 2.05 bits per heavy atom. The van der Waals surface area contributed by atoms with Gasteiger partial charge in [-0.25, -0.2) is 0 Å². The summed E-state index contributed by atoms with van der Waals surface area (Å²) in [6, 6.07) is 0. The highest BCUT2D eigenvalue weighted by Gasteiger charge is 2.63. The molecule has 7 nitrogen and oxygen atoms in total. The van der Waals surface area contributed by atoms with Gasteiger partial charge in [-0.2, -0.15) is 0 Å². The molecule has 3 aliphatic rings. The molecule has 0 bridgehead atoms. The highest BCUT2D eigenvalue weighted by molar-refractivity contribution is 5.12. The Labute approximate surface area is 239 Å². The Morgan fingerprint density at radius 1 is 0.846 bits per heavy atom. The Hall–Kier alpha value is -0.280. The van der Waals surface area contributed by atoms with Crippen LogP contribution in [0.5, 0.6) is 0 Å². The monoisotopic (exact) mass is 553 g/mol. The van der Waals surface area contributed by atoms with Crippen molar-refractivity contribution in [3.05, 3.63) is 0 Å². The molecular weight excluding hydrogens is 490 g/mol. The van der Waals surface area contributed by atoms with E-state index in [9.17, 15) is 5.11 Å². The van der Waals surface area contributed by atoms with Gasteiger partial charge in [-0.1, -0.05) is 27.7 Å². The molecule has 7 heteroatoms. The van der Waals surface area contributed by atoms with E-state index in [1.807, 2.05) is 0 Å². The Kier molecular flexibility index (Phi) is 13.5. The molecule has 0 aliphatic heterocycles. The summed E-state index contributed by atoms with van der Waals surface area (Å²) in [7, 11) is 0. The van der Waals surface area contributed by atoms with E-state index in [1.165, 1.54) is 19.3 Å². The van der Waals surface area contributed by atoms with Crippen LogP contribution < -0.4 is 17.2 Å². The summed E-state index contributed by atoms with van der Waals surface area (Å²) in [5.74, 6) is 2.28. The molecule has 230 valence electrons. The molecule has 7 N–H and O–H groups in total. The predicted molar refractivity (Wildman–Crippen MR) is 159 cm³/mol. The summed E-state index contributed by atoms with van der Waals surface area (Å²) in [5, 5.41) is 10.3. The second-order valence-electron chi connectivity index (χ2n) is 13.6. The first-order valence-corrected chi connectivity index (χ1v) is 16.4. The largest absolute Gasteiger partial charge is 0.396 e. The molecule has 0 saturated heterocycles. The fourth-order valence-corrected chi connectivity index (χ4v) is 9.05. The normalized spacial score (nSPS) is 38.5. The topological polar surface area (TPSA) is 126 Å². The number of fused-ring (bicyclic) bond motifs is 1. The van der Waals surface area contributed by atoms with Gasteiger partial charge in [0.05, 0.1) is 18.3 Å². The molecule has 3 saturated carbocycles. The van der Waals surface area contributed by atoms with E-state index in [-0.39, 0.29) is 35.6 Å². The Balaban J connectivity index is 1.94. The third-order valence-electron chi connectivity index (χ3n) is 11.3. The van der Waals surface area contributed by atoms with E-state index >= 15 is 0 Å². The fraction of sp³-hybridized carbons (Fsp3) is 1.00. The van der Waals surface area contributed by atoms with E-state index in [1.54, 1.807) is 0 Å². The van der Waals surface area contributed by atoms with Gasteiger partial charge < -0.3 is 36.5 Å². The average molecular weight is 554 g/mol. The van der Waals surface area contributed by atoms with Crippen molar-refractivity contribution in [3.8, 4) is 0 Å². The van der Waals surface area contributed by atoms with Crippen LogP contribution in [0.25, 0.3) is 0 Å². The molecule has 0 spiro atoms. The summed E-state index contributed by atoms with van der Waals surface area (Å²) in [4.78, 5) is 0. The molecule has 0 aromatic heterocycles. The van der Waals surface area contributed by atoms with Gasteiger partial charge in [0.2, 0.25) is 0 Å². The van der Waals surface area contributed by atoms with E-state index in [0.717, 1.165) is 71.2 Å². The molecule has 3 fully saturated rings. The van der Waals surface area contributed by atoms with Crippen LogP contribution in [0.1, 0.15) is 98.3 Å². The highest BCUT2D eigenvalue weighted by atomic mass is 16.5. The van der Waals surface area contributed by atoms with Gasteiger partial charge in [0.15, 0.2) is 0 Å². The molecule has 3 aliphatic carbocycles. The van der Waals surface area contributed by atoms with Crippen molar-refractivity contribution in [2.75, 3.05) is 46.1 Å². The summed E-state index contributed by atoms with van der Waals surface area (Å²) >= 11 is 0. The van der Waals surface area contributed by atoms with Crippen molar-refractivity contribution < 1.29 is 19.3 Å². The SMILES string of the molecule is CC[C@@H](OCCCN)C1[C@@H](C2(C)CCC(OCCCN)CC2)C[C@H](OCCCN)[C@]2(C)[C@@H]([C@H](C)CO)CC[C@@H]12. The van der Waals surface area contributed by atoms with E-state index < -0.39 is 0 Å². The molecule has 0 heterocycles. The van der Waals surface area contributed by atoms with Crippen LogP contribution >= 0.6 is 0 Å². The van der Waals surface area contributed by atoms with Crippen molar-refractivity contribution in [2.45, 2.75) is 117 Å². The van der Waals surface area contributed by atoms with Crippen LogP contribution in [-0.2, 0) is 14.2 Å². The maximum Gasteiger partial charge on any atom is 0.0637 e. The maximum atomic E-state index is 10.3. The van der Waals surface area contributed by atoms with E-state index in [4.69, 9.17) is 31.4 Å². The second-order valence-corrected chi connectivity index (χ2v) is 13.6. The van der Waals surface area contributed by atoms with Crippen LogP contribution in [0.4, 0.5) is 0 Å². The number of rotatable bonds is 17. The Morgan fingerprint density at radius 2 is 1.46 bits per heavy atom. The average Bonchev–Trinajstić information content (AvgIpc) is 3.30. The van der Waals surface area contributed by atoms with Crippen LogP contribution in [0, 0.1) is 40.4 Å². The molecule has 0 aromatic rings. The van der Waals surface area contributed by atoms with Gasteiger partial charge in [0.25, 0.3) is 0 Å². The zero-order chi connectivity index (χ0) is 28.5. The highest BCUT2D eigenvalue weighted by Crippen LogP contribution is 2.66. The first-order chi connectivity index (χ1) is 18.8. The van der Waals surface area contributed by atoms with Crippen molar-refractivity contribution in [1.82, 2.24) is 0 Å². The van der Waals surface area contributed by atoms with Crippen LogP contribution in [0.2, 0.25) is 0 Å². The second kappa shape index (κ2) is 15.8. The van der Waals surface area contributed by atoms with E-state index in [2.05, 4.69) is 27.7 Å². The number of hydrogen-bond donors (Lipinski definition) is 4. The van der Waals surface area contributed by atoms with Gasteiger partial charge in [-0.15, -0.1) is 0 Å². The molecule has 0 radical (unpaired) electrons. The molecular formula is C32H63N3O4. The summed E-state index contributed by atoms with van der Waals surface area (Å²) in [6.07, 6.45) is 12.6. The van der Waals surface area contributed by atoms with Crippen molar-refractivity contribution in [1.29, 1.82) is 0 Å².